The molecule has 0 aliphatic rings. The lowest BCUT2D eigenvalue weighted by molar-refractivity contribution is 0.615. The number of benzene rings is 1. The maximum atomic E-state index is 14.3. The predicted octanol–water partition coefficient (Wildman–Crippen LogP) is 5.38. The van der Waals surface area contributed by atoms with Gasteiger partial charge < -0.3 is 0 Å². The zero-order chi connectivity index (χ0) is 15.1. The smallest absolute Gasteiger partial charge is 0.164 e. The van der Waals surface area contributed by atoms with Crippen LogP contribution in [0.1, 0.15) is 18.1 Å². The van der Waals surface area contributed by atoms with Gasteiger partial charge in [0.05, 0.1) is 11.1 Å². The molecule has 1 aromatic carbocycles. The van der Waals surface area contributed by atoms with Gasteiger partial charge in [-0.25, -0.2) is 14.4 Å². The summed E-state index contributed by atoms with van der Waals surface area (Å²) in [5.41, 5.74) is 1.57. The third kappa shape index (κ3) is 2.60. The Hall–Kier alpha value is -0.980. The minimum Gasteiger partial charge on any atom is -0.275 e. The Morgan fingerprint density at radius 3 is 2.76 bits per heavy atom. The number of nitrogens with zero attached hydrogens (tertiary/aromatic N) is 3. The van der Waals surface area contributed by atoms with Crippen molar-refractivity contribution in [2.24, 2.45) is 0 Å². The minimum atomic E-state index is -0.385. The molecule has 108 valence electrons. The predicted molar refractivity (Wildman–Crippen MR) is 88.5 cm³/mol. The SMILES string of the molecule is CC(Cl)c1nc2cc(Br)cnc2n1-c1c(F)cccc1Br. The second-order valence-corrected chi connectivity index (χ2v) is 6.91. The van der Waals surface area contributed by atoms with Crippen molar-refractivity contribution in [2.75, 3.05) is 0 Å². The molecule has 0 bridgehead atoms. The fraction of sp³-hybridized carbons (Fsp3) is 0.143. The molecule has 0 aliphatic carbocycles. The fourth-order valence-corrected chi connectivity index (χ4v) is 3.13. The number of para-hydroxylation sites is 1. The third-order valence-corrected chi connectivity index (χ3v) is 4.28. The summed E-state index contributed by atoms with van der Waals surface area (Å²) in [6.07, 6.45) is 1.65. The molecule has 1 atom stereocenters. The summed E-state index contributed by atoms with van der Waals surface area (Å²) in [7, 11) is 0. The number of rotatable bonds is 2. The van der Waals surface area contributed by atoms with Gasteiger partial charge in [-0.3, -0.25) is 4.57 Å². The Morgan fingerprint density at radius 1 is 1.33 bits per heavy atom. The average Bonchev–Trinajstić information content (AvgIpc) is 2.77. The first-order valence-electron chi connectivity index (χ1n) is 6.11. The van der Waals surface area contributed by atoms with Crippen LogP contribution >= 0.6 is 43.5 Å². The van der Waals surface area contributed by atoms with E-state index in [4.69, 9.17) is 11.6 Å². The highest BCUT2D eigenvalue weighted by atomic mass is 79.9. The molecule has 3 rings (SSSR count). The number of halogens is 4. The van der Waals surface area contributed by atoms with E-state index in [0.717, 1.165) is 4.47 Å². The molecule has 0 amide bonds. The number of aromatic nitrogens is 3. The number of hydrogen-bond acceptors (Lipinski definition) is 2. The molecule has 0 aliphatic heterocycles. The van der Waals surface area contributed by atoms with Gasteiger partial charge in [0, 0.05) is 15.1 Å². The number of pyridine rings is 1. The Bertz CT molecular complexity index is 812. The standard InChI is InChI=1S/C14H9Br2ClFN3/c1-7(17)13-20-11-5-8(15)6-19-14(11)21(13)12-9(16)3-2-4-10(12)18/h2-7H,1H3. The number of fused-ring (bicyclic) bond motifs is 1. The third-order valence-electron chi connectivity index (χ3n) is 3.01. The van der Waals surface area contributed by atoms with Crippen molar-refractivity contribution in [1.82, 2.24) is 14.5 Å². The molecule has 0 N–H and O–H groups in total. The highest BCUT2D eigenvalue weighted by Gasteiger charge is 2.21. The van der Waals surface area contributed by atoms with Crippen molar-refractivity contribution in [1.29, 1.82) is 0 Å². The van der Waals surface area contributed by atoms with Gasteiger partial charge in [-0.2, -0.15) is 0 Å². The number of imidazole rings is 1. The van der Waals surface area contributed by atoms with Crippen LogP contribution in [0.3, 0.4) is 0 Å². The Labute approximate surface area is 142 Å². The van der Waals surface area contributed by atoms with Crippen molar-refractivity contribution in [3.8, 4) is 5.69 Å². The van der Waals surface area contributed by atoms with Crippen LogP contribution in [0, 0.1) is 5.82 Å². The zero-order valence-corrected chi connectivity index (χ0v) is 14.7. The van der Waals surface area contributed by atoms with Gasteiger partial charge in [-0.05, 0) is 57.0 Å². The Morgan fingerprint density at radius 2 is 2.10 bits per heavy atom. The normalized spacial score (nSPS) is 12.8. The van der Waals surface area contributed by atoms with E-state index in [0.29, 0.717) is 27.1 Å². The summed E-state index contributed by atoms with van der Waals surface area (Å²) in [6.45, 7) is 1.79. The van der Waals surface area contributed by atoms with Crippen molar-refractivity contribution >= 4 is 54.6 Å². The number of hydrogen-bond donors (Lipinski definition) is 0. The maximum Gasteiger partial charge on any atom is 0.164 e. The van der Waals surface area contributed by atoms with Crippen LogP contribution in [0.15, 0.2) is 39.4 Å². The molecule has 0 saturated carbocycles. The Balaban J connectivity index is 2.42. The van der Waals surface area contributed by atoms with Crippen LogP contribution < -0.4 is 0 Å². The van der Waals surface area contributed by atoms with Crippen LogP contribution in [-0.4, -0.2) is 14.5 Å². The van der Waals surface area contributed by atoms with E-state index in [1.165, 1.54) is 6.07 Å². The first-order valence-corrected chi connectivity index (χ1v) is 8.13. The van der Waals surface area contributed by atoms with Gasteiger partial charge in [-0.1, -0.05) is 6.07 Å². The monoisotopic (exact) mass is 431 g/mol. The lowest BCUT2D eigenvalue weighted by Gasteiger charge is -2.12. The van der Waals surface area contributed by atoms with E-state index < -0.39 is 0 Å². The molecule has 1 unspecified atom stereocenters. The molecule has 7 heteroatoms. The summed E-state index contributed by atoms with van der Waals surface area (Å²) in [5.74, 6) is 0.176. The largest absolute Gasteiger partial charge is 0.275 e. The van der Waals surface area contributed by atoms with E-state index in [1.54, 1.807) is 29.8 Å². The van der Waals surface area contributed by atoms with E-state index in [9.17, 15) is 4.39 Å². The number of alkyl halides is 1. The van der Waals surface area contributed by atoms with Gasteiger partial charge in [0.2, 0.25) is 0 Å². The molecule has 0 radical (unpaired) electrons. The lowest BCUT2D eigenvalue weighted by Crippen LogP contribution is -2.05. The molecule has 3 nitrogen and oxygen atoms in total. The van der Waals surface area contributed by atoms with E-state index in [-0.39, 0.29) is 11.2 Å². The molecule has 21 heavy (non-hydrogen) atoms. The van der Waals surface area contributed by atoms with Gasteiger partial charge in [-0.15, -0.1) is 11.6 Å². The van der Waals surface area contributed by atoms with Crippen LogP contribution in [0.5, 0.6) is 0 Å². The summed E-state index contributed by atoms with van der Waals surface area (Å²) >= 11 is 13.0. The van der Waals surface area contributed by atoms with Gasteiger partial charge in [0.1, 0.15) is 17.2 Å². The molecule has 0 saturated heterocycles. The molecule has 2 aromatic heterocycles. The van der Waals surface area contributed by atoms with Crippen LogP contribution in [0.2, 0.25) is 0 Å². The van der Waals surface area contributed by atoms with Gasteiger partial charge >= 0.3 is 0 Å². The van der Waals surface area contributed by atoms with Gasteiger partial charge in [0.15, 0.2) is 5.65 Å². The van der Waals surface area contributed by atoms with Crippen molar-refractivity contribution in [2.45, 2.75) is 12.3 Å². The van der Waals surface area contributed by atoms with E-state index >= 15 is 0 Å². The van der Waals surface area contributed by atoms with Crippen molar-refractivity contribution < 1.29 is 4.39 Å². The van der Waals surface area contributed by atoms with E-state index in [2.05, 4.69) is 41.8 Å². The highest BCUT2D eigenvalue weighted by Crippen LogP contribution is 2.32. The fourth-order valence-electron chi connectivity index (χ4n) is 2.15. The second-order valence-electron chi connectivity index (χ2n) is 4.49. The van der Waals surface area contributed by atoms with Crippen LogP contribution in [-0.2, 0) is 0 Å². The topological polar surface area (TPSA) is 30.7 Å². The summed E-state index contributed by atoms with van der Waals surface area (Å²) in [4.78, 5) is 8.83. The van der Waals surface area contributed by atoms with Crippen molar-refractivity contribution in [3.05, 3.63) is 51.0 Å². The summed E-state index contributed by atoms with van der Waals surface area (Å²) in [5, 5.41) is -0.385. The highest BCUT2D eigenvalue weighted by molar-refractivity contribution is 9.10. The molecule has 0 fully saturated rings. The Kier molecular flexibility index (Phi) is 4.03. The lowest BCUT2D eigenvalue weighted by atomic mass is 10.3. The zero-order valence-electron chi connectivity index (χ0n) is 10.8. The van der Waals surface area contributed by atoms with Gasteiger partial charge in [0.25, 0.3) is 0 Å². The second kappa shape index (κ2) is 5.66. The summed E-state index contributed by atoms with van der Waals surface area (Å²) in [6, 6.07) is 6.63. The molecule has 0 spiro atoms. The van der Waals surface area contributed by atoms with Crippen LogP contribution in [0.25, 0.3) is 16.9 Å². The first kappa shape index (κ1) is 14.9. The first-order chi connectivity index (χ1) is 9.99. The quantitative estimate of drug-likeness (QED) is 0.508. The maximum absolute atomic E-state index is 14.3. The molecular formula is C14H9Br2ClFN3. The minimum absolute atomic E-state index is 0.359. The molecule has 2 heterocycles. The molecule has 3 aromatic rings. The van der Waals surface area contributed by atoms with Crippen LogP contribution in [0.4, 0.5) is 4.39 Å². The molecular weight excluding hydrogens is 424 g/mol. The average molecular weight is 434 g/mol. The van der Waals surface area contributed by atoms with Crippen molar-refractivity contribution in [3.63, 3.8) is 0 Å². The summed E-state index contributed by atoms with van der Waals surface area (Å²) < 4.78 is 17.4. The van der Waals surface area contributed by atoms with E-state index in [1.807, 2.05) is 6.07 Å².